The van der Waals surface area contributed by atoms with Gasteiger partial charge in [0.05, 0.1) is 16.6 Å². The summed E-state index contributed by atoms with van der Waals surface area (Å²) < 4.78 is 45.3. The molecular weight excluding hydrogens is 569 g/mol. The Labute approximate surface area is 254 Å². The molecule has 1 saturated carbocycles. The molecule has 4 aliphatic rings. The molecule has 1 amide bonds. The van der Waals surface area contributed by atoms with Gasteiger partial charge in [0.15, 0.2) is 11.5 Å². The largest absolute Gasteiger partial charge is 0.504 e. The summed E-state index contributed by atoms with van der Waals surface area (Å²) in [6.07, 6.45) is -2.01. The average Bonchev–Trinajstić information content (AvgIpc) is 3.35. The van der Waals surface area contributed by atoms with Crippen molar-refractivity contribution in [3.8, 4) is 23.3 Å². The number of hydrogen-bond acceptors (Lipinski definition) is 5. The SMILES string of the molecule is CN(C(=O)C#Cc1ccc(C(F)(F)F)cc1)[C@@H]1C[C@@H]2Oc3c(O)ccc4c3[C@@]23CCN(CCc2ccccc2)[C@H](C4)[C@]3(O)C1. The van der Waals surface area contributed by atoms with Crippen LogP contribution in [0.4, 0.5) is 13.2 Å². The van der Waals surface area contributed by atoms with Gasteiger partial charge < -0.3 is 19.8 Å². The Bertz CT molecular complexity index is 1670. The summed E-state index contributed by atoms with van der Waals surface area (Å²) in [5.74, 6) is 5.28. The molecule has 9 heteroatoms. The van der Waals surface area contributed by atoms with Gasteiger partial charge in [0, 0.05) is 49.1 Å². The highest BCUT2D eigenvalue weighted by Crippen LogP contribution is 2.65. The fraction of sp³-hybridized carbons (Fsp3) is 0.400. The quantitative estimate of drug-likeness (QED) is 0.425. The van der Waals surface area contributed by atoms with Gasteiger partial charge in [0.1, 0.15) is 6.10 Å². The van der Waals surface area contributed by atoms with Gasteiger partial charge >= 0.3 is 6.18 Å². The monoisotopic (exact) mass is 602 g/mol. The smallest absolute Gasteiger partial charge is 0.416 e. The third-order valence-electron chi connectivity index (χ3n) is 10.4. The first-order valence-corrected chi connectivity index (χ1v) is 15.0. The Hall–Kier alpha value is -4.00. The lowest BCUT2D eigenvalue weighted by atomic mass is 9.48. The van der Waals surface area contributed by atoms with Gasteiger partial charge in [-0.1, -0.05) is 42.3 Å². The van der Waals surface area contributed by atoms with E-state index in [2.05, 4.69) is 28.9 Å². The van der Waals surface area contributed by atoms with E-state index in [9.17, 15) is 28.2 Å². The van der Waals surface area contributed by atoms with E-state index in [1.54, 1.807) is 13.1 Å². The van der Waals surface area contributed by atoms with Crippen LogP contribution < -0.4 is 4.74 Å². The van der Waals surface area contributed by atoms with Crippen LogP contribution in [0.25, 0.3) is 0 Å². The molecule has 2 bridgehead atoms. The van der Waals surface area contributed by atoms with Crippen LogP contribution in [0, 0.1) is 11.8 Å². The molecule has 3 aromatic carbocycles. The fourth-order valence-electron chi connectivity index (χ4n) is 8.23. The summed E-state index contributed by atoms with van der Waals surface area (Å²) in [4.78, 5) is 17.2. The van der Waals surface area contributed by atoms with Crippen molar-refractivity contribution >= 4 is 5.91 Å². The van der Waals surface area contributed by atoms with Crippen LogP contribution in [0.2, 0.25) is 0 Å². The first-order chi connectivity index (χ1) is 21.0. The maximum atomic E-state index is 13.3. The zero-order chi connectivity index (χ0) is 30.9. The van der Waals surface area contributed by atoms with Crippen molar-refractivity contribution in [2.75, 3.05) is 20.1 Å². The molecule has 2 fully saturated rings. The zero-order valence-corrected chi connectivity index (χ0v) is 24.3. The molecule has 44 heavy (non-hydrogen) atoms. The molecule has 2 aliphatic carbocycles. The number of aromatic hydroxyl groups is 1. The number of phenols is 1. The number of carbonyl (C=O) groups is 1. The molecule has 0 aromatic heterocycles. The third-order valence-corrected chi connectivity index (χ3v) is 10.4. The Morgan fingerprint density at radius 1 is 1.11 bits per heavy atom. The van der Waals surface area contributed by atoms with Gasteiger partial charge in [0.25, 0.3) is 5.91 Å². The first kappa shape index (κ1) is 28.8. The highest BCUT2D eigenvalue weighted by atomic mass is 19.4. The van der Waals surface area contributed by atoms with Gasteiger partial charge in [-0.05, 0) is 73.7 Å². The van der Waals surface area contributed by atoms with Crippen LogP contribution in [-0.4, -0.2) is 69.8 Å². The molecule has 1 spiro atoms. The van der Waals surface area contributed by atoms with Crippen LogP contribution >= 0.6 is 0 Å². The van der Waals surface area contributed by atoms with Gasteiger partial charge in [-0.15, -0.1) is 0 Å². The first-order valence-electron chi connectivity index (χ1n) is 15.0. The van der Waals surface area contributed by atoms with E-state index >= 15 is 0 Å². The van der Waals surface area contributed by atoms with Crippen molar-refractivity contribution in [3.63, 3.8) is 0 Å². The summed E-state index contributed by atoms with van der Waals surface area (Å²) in [6.45, 7) is 1.56. The summed E-state index contributed by atoms with van der Waals surface area (Å²) in [5, 5.41) is 23.7. The predicted octanol–water partition coefficient (Wildman–Crippen LogP) is 4.69. The lowest BCUT2D eigenvalue weighted by molar-refractivity contribution is -0.197. The number of ether oxygens (including phenoxy) is 1. The molecule has 2 heterocycles. The number of halogens is 3. The fourth-order valence-corrected chi connectivity index (χ4v) is 8.23. The van der Waals surface area contributed by atoms with Gasteiger partial charge in [-0.3, -0.25) is 9.69 Å². The molecular formula is C35H33F3N2O4. The van der Waals surface area contributed by atoms with Crippen LogP contribution in [0.15, 0.2) is 66.7 Å². The van der Waals surface area contributed by atoms with Crippen molar-refractivity contribution < 1.29 is 32.9 Å². The summed E-state index contributed by atoms with van der Waals surface area (Å²) >= 11 is 0. The van der Waals surface area contributed by atoms with Crippen LogP contribution in [0.1, 0.15) is 47.1 Å². The number of alkyl halides is 3. The molecule has 6 nitrogen and oxygen atoms in total. The predicted molar refractivity (Wildman–Crippen MR) is 157 cm³/mol. The second kappa shape index (κ2) is 10.3. The average molecular weight is 603 g/mol. The third kappa shape index (κ3) is 4.38. The lowest BCUT2D eigenvalue weighted by Gasteiger charge is -2.64. The maximum absolute atomic E-state index is 13.3. The molecule has 2 aliphatic heterocycles. The minimum atomic E-state index is -4.45. The van der Waals surface area contributed by atoms with Crippen molar-refractivity contribution in [2.24, 2.45) is 0 Å². The van der Waals surface area contributed by atoms with Gasteiger partial charge in [-0.2, -0.15) is 13.2 Å². The second-order valence-electron chi connectivity index (χ2n) is 12.5. The molecule has 0 unspecified atom stereocenters. The van der Waals surface area contributed by atoms with Crippen LogP contribution in [-0.2, 0) is 29.2 Å². The molecule has 3 aromatic rings. The number of aliphatic hydroxyl groups is 1. The number of carbonyl (C=O) groups excluding carboxylic acids is 1. The minimum absolute atomic E-state index is 0.0585. The zero-order valence-electron chi connectivity index (χ0n) is 24.3. The molecule has 1 saturated heterocycles. The van der Waals surface area contributed by atoms with Crippen molar-refractivity contribution in [3.05, 3.63) is 94.5 Å². The molecule has 0 radical (unpaired) electrons. The maximum Gasteiger partial charge on any atom is 0.416 e. The number of nitrogens with zero attached hydrogens (tertiary/aromatic N) is 2. The standard InChI is InChI=1S/C35H33F3N2O4/c1-39(30(42)14-9-23-7-11-25(12-8-23)35(36,37)38)26-20-29-33-16-18-40(17-15-22-5-3-2-4-6-22)28(34(33,43)21-26)19-24-10-13-27(41)32(44-29)31(24)33/h2-8,10-13,26,28-29,41,43H,15-21H2,1H3/t26-,28-,29+,33-,34-/m1/s1. The van der Waals surface area contributed by atoms with Crippen molar-refractivity contribution in [2.45, 2.75) is 67.5 Å². The Morgan fingerprint density at radius 3 is 2.59 bits per heavy atom. The summed E-state index contributed by atoms with van der Waals surface area (Å²) in [7, 11) is 1.65. The lowest BCUT2D eigenvalue weighted by Crippen LogP contribution is -2.77. The normalized spacial score (nSPS) is 28.3. The number of piperidine rings is 1. The van der Waals surface area contributed by atoms with E-state index in [4.69, 9.17) is 4.74 Å². The van der Waals surface area contributed by atoms with E-state index in [1.807, 2.05) is 24.3 Å². The topological polar surface area (TPSA) is 73.2 Å². The second-order valence-corrected chi connectivity index (χ2v) is 12.5. The van der Waals surface area contributed by atoms with E-state index in [0.29, 0.717) is 37.0 Å². The highest BCUT2D eigenvalue weighted by molar-refractivity contribution is 5.94. The van der Waals surface area contributed by atoms with Crippen molar-refractivity contribution in [1.82, 2.24) is 9.80 Å². The van der Waals surface area contributed by atoms with Crippen LogP contribution in [0.3, 0.4) is 0 Å². The van der Waals surface area contributed by atoms with E-state index < -0.39 is 40.8 Å². The number of rotatable bonds is 4. The van der Waals surface area contributed by atoms with Crippen molar-refractivity contribution in [1.29, 1.82) is 0 Å². The van der Waals surface area contributed by atoms with Gasteiger partial charge in [-0.25, -0.2) is 0 Å². The molecule has 5 atom stereocenters. The number of benzene rings is 3. The summed E-state index contributed by atoms with van der Waals surface area (Å²) in [5.41, 5.74) is 0.825. The Morgan fingerprint density at radius 2 is 1.86 bits per heavy atom. The Kier molecular flexibility index (Phi) is 6.72. The summed E-state index contributed by atoms with van der Waals surface area (Å²) in [6, 6.07) is 17.6. The van der Waals surface area contributed by atoms with E-state index in [0.717, 1.165) is 42.8 Å². The number of hydrogen-bond donors (Lipinski definition) is 2. The highest BCUT2D eigenvalue weighted by Gasteiger charge is 2.72. The molecule has 2 N–H and O–H groups in total. The molecule has 228 valence electrons. The van der Waals surface area contributed by atoms with E-state index in [-0.39, 0.29) is 11.8 Å². The van der Waals surface area contributed by atoms with Gasteiger partial charge in [0.2, 0.25) is 0 Å². The number of likely N-dealkylation sites (tertiary alicyclic amines) is 1. The van der Waals surface area contributed by atoms with E-state index in [1.165, 1.54) is 22.6 Å². The molecule has 7 rings (SSSR count). The minimum Gasteiger partial charge on any atom is -0.504 e. The Balaban J connectivity index is 1.18. The number of phenolic OH excluding ortho intramolecular Hbond substituents is 1. The number of amides is 1. The van der Waals surface area contributed by atoms with Crippen LogP contribution in [0.5, 0.6) is 11.5 Å².